The normalized spacial score (nSPS) is 28.2. The van der Waals surface area contributed by atoms with Crippen LogP contribution in [-0.2, 0) is 15.7 Å². The number of likely N-dealkylation sites (N-methyl/N-ethyl adjacent to an activating group) is 1. The van der Waals surface area contributed by atoms with Gasteiger partial charge in [0.25, 0.3) is 5.91 Å². The molecular formula is C17H21F3N2O2. The van der Waals surface area contributed by atoms with E-state index >= 15 is 0 Å². The van der Waals surface area contributed by atoms with Gasteiger partial charge in [0.15, 0.2) is 0 Å². The molecule has 2 fully saturated rings. The van der Waals surface area contributed by atoms with Crippen LogP contribution in [0, 0.1) is 0 Å². The number of benzene rings is 1. The topological polar surface area (TPSA) is 41.6 Å². The van der Waals surface area contributed by atoms with Crippen molar-refractivity contribution in [1.29, 1.82) is 0 Å². The smallest absolute Gasteiger partial charge is 0.366 e. The second-order valence-electron chi connectivity index (χ2n) is 6.62. The molecule has 1 saturated carbocycles. The Hall–Kier alpha value is -1.60. The first kappa shape index (κ1) is 17.2. The van der Waals surface area contributed by atoms with Crippen LogP contribution in [0.1, 0.15) is 29.9 Å². The lowest BCUT2D eigenvalue weighted by Crippen LogP contribution is -2.53. The van der Waals surface area contributed by atoms with Crippen molar-refractivity contribution in [1.82, 2.24) is 10.2 Å². The van der Waals surface area contributed by atoms with Gasteiger partial charge in [0.2, 0.25) is 0 Å². The van der Waals surface area contributed by atoms with Gasteiger partial charge < -0.3 is 15.0 Å². The molecule has 0 radical (unpaired) electrons. The van der Waals surface area contributed by atoms with Crippen molar-refractivity contribution >= 4 is 5.91 Å². The average molecular weight is 342 g/mol. The van der Waals surface area contributed by atoms with Crippen LogP contribution in [0.4, 0.5) is 13.2 Å². The zero-order valence-corrected chi connectivity index (χ0v) is 13.5. The van der Waals surface area contributed by atoms with Crippen molar-refractivity contribution < 1.29 is 22.7 Å². The number of carbonyl (C=O) groups excluding carboxylic acids is 1. The summed E-state index contributed by atoms with van der Waals surface area (Å²) in [5.41, 5.74) is 0.260. The van der Waals surface area contributed by atoms with Gasteiger partial charge in [-0.1, -0.05) is 12.1 Å². The lowest BCUT2D eigenvalue weighted by atomic mass is 9.75. The van der Waals surface area contributed by atoms with Gasteiger partial charge in [0.1, 0.15) is 6.10 Å². The van der Waals surface area contributed by atoms with Gasteiger partial charge in [0.05, 0.1) is 12.2 Å². The number of nitrogens with zero attached hydrogens (tertiary/aromatic N) is 1. The Labute approximate surface area is 139 Å². The van der Waals surface area contributed by atoms with E-state index in [2.05, 4.69) is 10.2 Å². The van der Waals surface area contributed by atoms with E-state index in [9.17, 15) is 18.0 Å². The van der Waals surface area contributed by atoms with Gasteiger partial charge in [-0.05, 0) is 43.5 Å². The molecule has 3 rings (SSSR count). The fraction of sp³-hybridized carbons (Fsp3) is 0.588. The van der Waals surface area contributed by atoms with Crippen LogP contribution >= 0.6 is 0 Å². The highest BCUT2D eigenvalue weighted by molar-refractivity contribution is 5.81. The first-order valence-corrected chi connectivity index (χ1v) is 8.10. The van der Waals surface area contributed by atoms with Crippen LogP contribution in [0.25, 0.3) is 0 Å². The predicted octanol–water partition coefficient (Wildman–Crippen LogP) is 2.40. The molecule has 1 aliphatic heterocycles. The Morgan fingerprint density at radius 3 is 2.50 bits per heavy atom. The molecule has 2 aliphatic rings. The van der Waals surface area contributed by atoms with Crippen LogP contribution in [0.15, 0.2) is 24.3 Å². The van der Waals surface area contributed by atoms with Crippen molar-refractivity contribution in [2.24, 2.45) is 0 Å². The zero-order chi connectivity index (χ0) is 17.3. The molecule has 1 aromatic rings. The van der Waals surface area contributed by atoms with E-state index in [1.165, 1.54) is 12.1 Å². The van der Waals surface area contributed by atoms with Gasteiger partial charge in [0, 0.05) is 19.1 Å². The number of halogens is 3. The number of carbonyl (C=O) groups is 1. The molecule has 1 aromatic carbocycles. The van der Waals surface area contributed by atoms with Gasteiger partial charge in [-0.25, -0.2) is 0 Å². The minimum absolute atomic E-state index is 0.0700. The molecular weight excluding hydrogens is 321 g/mol. The third-order valence-corrected chi connectivity index (χ3v) is 4.76. The van der Waals surface area contributed by atoms with Crippen molar-refractivity contribution in [3.05, 3.63) is 35.4 Å². The third-order valence-electron chi connectivity index (χ3n) is 4.76. The maximum Gasteiger partial charge on any atom is 0.416 e. The first-order valence-electron chi connectivity index (χ1n) is 8.10. The summed E-state index contributed by atoms with van der Waals surface area (Å²) in [5.74, 6) is 0.102. The highest BCUT2D eigenvalue weighted by atomic mass is 19.4. The molecule has 0 unspecified atom stereocenters. The summed E-state index contributed by atoms with van der Waals surface area (Å²) >= 11 is 0. The maximum absolute atomic E-state index is 12.6. The van der Waals surface area contributed by atoms with E-state index in [1.807, 2.05) is 7.05 Å². The maximum atomic E-state index is 12.6. The monoisotopic (exact) mass is 342 g/mol. The molecule has 0 aromatic heterocycles. The van der Waals surface area contributed by atoms with E-state index in [1.54, 1.807) is 0 Å². The first-order chi connectivity index (χ1) is 11.3. The number of amides is 1. The van der Waals surface area contributed by atoms with Crippen molar-refractivity contribution in [3.8, 4) is 0 Å². The molecule has 1 atom stereocenters. The van der Waals surface area contributed by atoms with Crippen molar-refractivity contribution in [2.75, 3.05) is 26.7 Å². The number of nitrogens with one attached hydrogen (secondary N) is 1. The molecule has 0 spiro atoms. The number of alkyl halides is 3. The summed E-state index contributed by atoms with van der Waals surface area (Å²) in [7, 11) is 1.95. The number of hydrogen-bond donors (Lipinski definition) is 1. The van der Waals surface area contributed by atoms with Crippen LogP contribution in [0.2, 0.25) is 0 Å². The van der Waals surface area contributed by atoms with E-state index in [0.717, 1.165) is 37.1 Å². The third kappa shape index (κ3) is 3.89. The summed E-state index contributed by atoms with van der Waals surface area (Å²) in [4.78, 5) is 14.2. The summed E-state index contributed by atoms with van der Waals surface area (Å²) in [6, 6.07) is 5.37. The molecule has 1 amide bonds. The molecule has 1 aliphatic carbocycles. The summed E-state index contributed by atoms with van der Waals surface area (Å²) in [6.45, 7) is 1.96. The highest BCUT2D eigenvalue weighted by Gasteiger charge is 2.35. The molecule has 24 heavy (non-hydrogen) atoms. The Balaban J connectivity index is 1.48. The minimum atomic E-state index is -4.30. The Morgan fingerprint density at radius 2 is 1.92 bits per heavy atom. The molecule has 132 valence electrons. The van der Waals surface area contributed by atoms with Gasteiger partial charge in [-0.3, -0.25) is 4.79 Å². The van der Waals surface area contributed by atoms with Gasteiger partial charge >= 0.3 is 6.18 Å². The van der Waals surface area contributed by atoms with Crippen molar-refractivity contribution in [3.63, 3.8) is 0 Å². The lowest BCUT2D eigenvalue weighted by molar-refractivity contribution is -0.139. The second kappa shape index (κ2) is 6.72. The molecule has 0 bridgehead atoms. The fourth-order valence-corrected chi connectivity index (χ4v) is 3.18. The van der Waals surface area contributed by atoms with Crippen LogP contribution in [0.5, 0.6) is 0 Å². The standard InChI is InChI=1S/C17H21F3N2O2/c1-22-6-7-24-15(10-22)16(23)21-14-8-12(9-14)11-2-4-13(5-3-11)17(18,19)20/h2-5,12,14-15H,6-10H2,1H3,(H,21,23)/t12?,14?,15-/m0/s1. The molecule has 1 saturated heterocycles. The zero-order valence-electron chi connectivity index (χ0n) is 13.5. The predicted molar refractivity (Wildman–Crippen MR) is 82.6 cm³/mol. The molecule has 1 N–H and O–H groups in total. The summed E-state index contributed by atoms with van der Waals surface area (Å²) in [6.07, 6.45) is -3.24. The summed E-state index contributed by atoms with van der Waals surface area (Å²) < 4.78 is 43.2. The quantitative estimate of drug-likeness (QED) is 0.917. The van der Waals surface area contributed by atoms with E-state index in [4.69, 9.17) is 4.74 Å². The number of rotatable bonds is 3. The molecule has 7 heteroatoms. The largest absolute Gasteiger partial charge is 0.416 e. The Kier molecular flexibility index (Phi) is 4.83. The lowest BCUT2D eigenvalue weighted by Gasteiger charge is -2.38. The number of morpholine rings is 1. The van der Waals surface area contributed by atoms with Crippen LogP contribution in [0.3, 0.4) is 0 Å². The Morgan fingerprint density at radius 1 is 1.25 bits per heavy atom. The minimum Gasteiger partial charge on any atom is -0.366 e. The number of hydrogen-bond acceptors (Lipinski definition) is 3. The van der Waals surface area contributed by atoms with Crippen LogP contribution < -0.4 is 5.32 Å². The van der Waals surface area contributed by atoms with Gasteiger partial charge in [-0.15, -0.1) is 0 Å². The van der Waals surface area contributed by atoms with Crippen LogP contribution in [-0.4, -0.2) is 49.7 Å². The second-order valence-corrected chi connectivity index (χ2v) is 6.62. The van der Waals surface area contributed by atoms with E-state index < -0.39 is 17.8 Å². The summed E-state index contributed by atoms with van der Waals surface area (Å²) in [5, 5.41) is 2.97. The van der Waals surface area contributed by atoms with Crippen molar-refractivity contribution in [2.45, 2.75) is 37.1 Å². The molecule has 4 nitrogen and oxygen atoms in total. The van der Waals surface area contributed by atoms with E-state index in [-0.39, 0.29) is 17.9 Å². The fourth-order valence-electron chi connectivity index (χ4n) is 3.18. The van der Waals surface area contributed by atoms with Gasteiger partial charge in [-0.2, -0.15) is 13.2 Å². The Bertz CT molecular complexity index is 582. The highest BCUT2D eigenvalue weighted by Crippen LogP contribution is 2.38. The van der Waals surface area contributed by atoms with E-state index in [0.29, 0.717) is 13.2 Å². The SMILES string of the molecule is CN1CCO[C@H](C(=O)NC2CC(c3ccc(C(F)(F)F)cc3)C2)C1. The average Bonchev–Trinajstić information content (AvgIpc) is 2.49. The molecule has 1 heterocycles. The number of ether oxygens (including phenoxy) is 1.